The van der Waals surface area contributed by atoms with Crippen LogP contribution in [0.3, 0.4) is 0 Å². The van der Waals surface area contributed by atoms with Crippen LogP contribution in [0.4, 0.5) is 0 Å². The first-order valence-corrected chi connectivity index (χ1v) is 3.73. The van der Waals surface area contributed by atoms with Gasteiger partial charge in [0.2, 0.25) is 0 Å². The van der Waals surface area contributed by atoms with E-state index in [9.17, 15) is 0 Å². The lowest BCUT2D eigenvalue weighted by Gasteiger charge is -2.21. The molecule has 0 aromatic rings. The molecule has 1 rings (SSSR count). The molecule has 54 valence electrons. The quantitative estimate of drug-likeness (QED) is 0.484. The summed E-state index contributed by atoms with van der Waals surface area (Å²) in [6, 6.07) is 0. The summed E-state index contributed by atoms with van der Waals surface area (Å²) < 4.78 is 0. The molecule has 10 heavy (non-hydrogen) atoms. The van der Waals surface area contributed by atoms with Gasteiger partial charge in [-0.3, -0.25) is 0 Å². The van der Waals surface area contributed by atoms with Crippen LogP contribution in [-0.2, 0) is 0 Å². The Morgan fingerprint density at radius 1 is 1.60 bits per heavy atom. The van der Waals surface area contributed by atoms with Crippen molar-refractivity contribution in [3.63, 3.8) is 0 Å². The second kappa shape index (κ2) is 2.87. The lowest BCUT2D eigenvalue weighted by Crippen LogP contribution is -2.10. The molecule has 1 aliphatic carbocycles. The van der Waals surface area contributed by atoms with Crippen LogP contribution in [0.15, 0.2) is 36.5 Å². The van der Waals surface area contributed by atoms with Gasteiger partial charge in [0.15, 0.2) is 0 Å². The fourth-order valence-corrected chi connectivity index (χ4v) is 1.43. The van der Waals surface area contributed by atoms with E-state index in [1.165, 1.54) is 5.57 Å². The fourth-order valence-electron chi connectivity index (χ4n) is 1.43. The van der Waals surface area contributed by atoms with Gasteiger partial charge in [-0.1, -0.05) is 36.8 Å². The first-order valence-electron chi connectivity index (χ1n) is 3.73. The molecule has 2 unspecified atom stereocenters. The van der Waals surface area contributed by atoms with Gasteiger partial charge in [-0.05, 0) is 12.8 Å². The van der Waals surface area contributed by atoms with Crippen molar-refractivity contribution < 1.29 is 0 Å². The molecule has 0 saturated carbocycles. The minimum absolute atomic E-state index is 0.560. The summed E-state index contributed by atoms with van der Waals surface area (Å²) in [5.41, 5.74) is 1.42. The van der Waals surface area contributed by atoms with Gasteiger partial charge in [-0.15, -0.1) is 6.58 Å². The summed E-state index contributed by atoms with van der Waals surface area (Å²) in [6.07, 6.45) is 8.53. The van der Waals surface area contributed by atoms with Crippen LogP contribution in [0.25, 0.3) is 0 Å². The Kier molecular flexibility index (Phi) is 2.10. The predicted molar refractivity (Wildman–Crippen MR) is 45.7 cm³/mol. The number of allylic oxidation sites excluding steroid dienone is 5. The van der Waals surface area contributed by atoms with E-state index in [0.29, 0.717) is 11.8 Å². The molecule has 2 atom stereocenters. The second-order valence-corrected chi connectivity index (χ2v) is 2.92. The maximum Gasteiger partial charge on any atom is 0.00347 e. The highest BCUT2D eigenvalue weighted by Gasteiger charge is 2.14. The average Bonchev–Trinajstić information content (AvgIpc) is 1.88. The second-order valence-electron chi connectivity index (χ2n) is 2.92. The summed E-state index contributed by atoms with van der Waals surface area (Å²) in [5, 5.41) is 0. The maximum atomic E-state index is 3.81. The SMILES string of the molecule is C=CC1C(C)=CC=CC1C. The average molecular weight is 134 g/mol. The molecule has 0 aromatic carbocycles. The third-order valence-corrected chi connectivity index (χ3v) is 2.12. The normalized spacial score (nSPS) is 31.6. The fraction of sp³-hybridized carbons (Fsp3) is 0.400. The third kappa shape index (κ3) is 1.21. The highest BCUT2D eigenvalue weighted by molar-refractivity contribution is 5.24. The lowest BCUT2D eigenvalue weighted by atomic mass is 9.84. The first-order chi connectivity index (χ1) is 4.75. The predicted octanol–water partition coefficient (Wildman–Crippen LogP) is 2.94. The van der Waals surface area contributed by atoms with Crippen LogP contribution < -0.4 is 0 Å². The van der Waals surface area contributed by atoms with Gasteiger partial charge >= 0.3 is 0 Å². The van der Waals surface area contributed by atoms with Crippen molar-refractivity contribution in [1.82, 2.24) is 0 Å². The number of rotatable bonds is 1. The van der Waals surface area contributed by atoms with Gasteiger partial charge in [0.25, 0.3) is 0 Å². The molecule has 0 saturated heterocycles. The van der Waals surface area contributed by atoms with Gasteiger partial charge in [-0.2, -0.15) is 0 Å². The van der Waals surface area contributed by atoms with Crippen molar-refractivity contribution in [3.8, 4) is 0 Å². The monoisotopic (exact) mass is 134 g/mol. The van der Waals surface area contributed by atoms with Crippen LogP contribution in [0.5, 0.6) is 0 Å². The summed E-state index contributed by atoms with van der Waals surface area (Å²) in [4.78, 5) is 0. The molecule has 0 amide bonds. The van der Waals surface area contributed by atoms with Gasteiger partial charge in [0.1, 0.15) is 0 Å². The lowest BCUT2D eigenvalue weighted by molar-refractivity contribution is 0.576. The van der Waals surface area contributed by atoms with E-state index in [0.717, 1.165) is 0 Å². The largest absolute Gasteiger partial charge is 0.102 e. The minimum Gasteiger partial charge on any atom is -0.102 e. The van der Waals surface area contributed by atoms with E-state index in [1.807, 2.05) is 6.08 Å². The molecule has 0 aromatic heterocycles. The van der Waals surface area contributed by atoms with E-state index < -0.39 is 0 Å². The number of hydrogen-bond acceptors (Lipinski definition) is 0. The molecule has 0 heteroatoms. The highest BCUT2D eigenvalue weighted by atomic mass is 14.2. The van der Waals surface area contributed by atoms with Crippen LogP contribution in [0.2, 0.25) is 0 Å². The van der Waals surface area contributed by atoms with Crippen LogP contribution in [0.1, 0.15) is 13.8 Å². The molecule has 0 N–H and O–H groups in total. The molecule has 0 aliphatic heterocycles. The zero-order valence-electron chi connectivity index (χ0n) is 6.67. The molecule has 1 aliphatic rings. The van der Waals surface area contributed by atoms with E-state index in [2.05, 4.69) is 38.7 Å². The van der Waals surface area contributed by atoms with E-state index >= 15 is 0 Å². The van der Waals surface area contributed by atoms with Crippen LogP contribution in [-0.4, -0.2) is 0 Å². The Bertz CT molecular complexity index is 184. The van der Waals surface area contributed by atoms with E-state index in [-0.39, 0.29) is 0 Å². The van der Waals surface area contributed by atoms with Gasteiger partial charge < -0.3 is 0 Å². The minimum atomic E-state index is 0.560. The molecular weight excluding hydrogens is 120 g/mol. The maximum absolute atomic E-state index is 3.81. The molecule has 0 nitrogen and oxygen atoms in total. The zero-order valence-corrected chi connectivity index (χ0v) is 6.67. The summed E-state index contributed by atoms with van der Waals surface area (Å²) in [6.45, 7) is 8.19. The van der Waals surface area contributed by atoms with Crippen molar-refractivity contribution in [2.24, 2.45) is 11.8 Å². The molecule has 0 radical (unpaired) electrons. The molecular formula is C10H14. The summed E-state index contributed by atoms with van der Waals surface area (Å²) >= 11 is 0. The van der Waals surface area contributed by atoms with Gasteiger partial charge in [0, 0.05) is 5.92 Å². The smallest absolute Gasteiger partial charge is 0.00347 e. The van der Waals surface area contributed by atoms with E-state index in [4.69, 9.17) is 0 Å². The highest BCUT2D eigenvalue weighted by Crippen LogP contribution is 2.25. The van der Waals surface area contributed by atoms with Crippen molar-refractivity contribution in [2.45, 2.75) is 13.8 Å². The first kappa shape index (κ1) is 7.33. The standard InChI is InChI=1S/C10H14/c1-4-10-8(2)6-5-7-9(10)3/h4-8,10H,1H2,2-3H3. The Hall–Kier alpha value is -0.780. The van der Waals surface area contributed by atoms with Gasteiger partial charge in [-0.25, -0.2) is 0 Å². The third-order valence-electron chi connectivity index (χ3n) is 2.12. The Morgan fingerprint density at radius 2 is 2.30 bits per heavy atom. The van der Waals surface area contributed by atoms with Crippen molar-refractivity contribution in [3.05, 3.63) is 36.5 Å². The molecule has 0 fully saturated rings. The Labute approximate surface area is 62.9 Å². The topological polar surface area (TPSA) is 0 Å². The molecule has 0 spiro atoms. The van der Waals surface area contributed by atoms with Crippen molar-refractivity contribution in [2.75, 3.05) is 0 Å². The Morgan fingerprint density at radius 3 is 2.70 bits per heavy atom. The summed E-state index contributed by atoms with van der Waals surface area (Å²) in [7, 11) is 0. The van der Waals surface area contributed by atoms with Gasteiger partial charge in [0.05, 0.1) is 0 Å². The summed E-state index contributed by atoms with van der Waals surface area (Å²) in [5.74, 6) is 1.19. The van der Waals surface area contributed by atoms with Crippen LogP contribution in [0, 0.1) is 11.8 Å². The van der Waals surface area contributed by atoms with Crippen molar-refractivity contribution >= 4 is 0 Å². The van der Waals surface area contributed by atoms with Crippen molar-refractivity contribution in [1.29, 1.82) is 0 Å². The number of hydrogen-bond donors (Lipinski definition) is 0. The molecule has 0 heterocycles. The van der Waals surface area contributed by atoms with E-state index in [1.54, 1.807) is 0 Å². The van der Waals surface area contributed by atoms with Crippen LogP contribution >= 0.6 is 0 Å². The molecule has 0 bridgehead atoms. The zero-order chi connectivity index (χ0) is 7.56. The Balaban J connectivity index is 2.80.